The Morgan fingerprint density at radius 2 is 2.17 bits per heavy atom. The first-order chi connectivity index (χ1) is 5.73. The summed E-state index contributed by atoms with van der Waals surface area (Å²) in [5, 5.41) is 9.41. The lowest BCUT2D eigenvalue weighted by molar-refractivity contribution is 0.0949. The third kappa shape index (κ3) is 0.693. The lowest BCUT2D eigenvalue weighted by Crippen LogP contribution is -2.26. The molecule has 68 valence electrons. The fourth-order valence-corrected chi connectivity index (χ4v) is 4.46. The van der Waals surface area contributed by atoms with Gasteiger partial charge in [0.1, 0.15) is 0 Å². The molecule has 3 aliphatic carbocycles. The fourth-order valence-electron chi connectivity index (χ4n) is 4.46. The van der Waals surface area contributed by atoms with Gasteiger partial charge in [-0.2, -0.15) is 0 Å². The third-order valence-corrected chi connectivity index (χ3v) is 4.94. The second kappa shape index (κ2) is 2.06. The van der Waals surface area contributed by atoms with E-state index >= 15 is 0 Å². The number of aliphatic hydroxyl groups excluding tert-OH is 1. The molecule has 2 bridgehead atoms. The topological polar surface area (TPSA) is 20.2 Å². The van der Waals surface area contributed by atoms with Gasteiger partial charge in [0.2, 0.25) is 0 Å². The molecule has 1 nitrogen and oxygen atoms in total. The SMILES string of the molecule is CC1(CO)CC2CC3CC2C1C3. The van der Waals surface area contributed by atoms with Gasteiger partial charge in [-0.15, -0.1) is 0 Å². The van der Waals surface area contributed by atoms with E-state index in [1.54, 1.807) is 0 Å². The van der Waals surface area contributed by atoms with Gasteiger partial charge in [0.15, 0.2) is 0 Å². The van der Waals surface area contributed by atoms with Crippen LogP contribution in [0, 0.1) is 29.1 Å². The molecule has 0 saturated heterocycles. The minimum Gasteiger partial charge on any atom is -0.396 e. The van der Waals surface area contributed by atoms with Crippen molar-refractivity contribution in [1.29, 1.82) is 0 Å². The predicted molar refractivity (Wildman–Crippen MR) is 47.6 cm³/mol. The highest BCUT2D eigenvalue weighted by atomic mass is 16.3. The summed E-state index contributed by atoms with van der Waals surface area (Å²) in [5.74, 6) is 3.92. The van der Waals surface area contributed by atoms with Gasteiger partial charge in [0, 0.05) is 6.61 Å². The van der Waals surface area contributed by atoms with Crippen LogP contribution in [0.1, 0.15) is 32.6 Å². The highest BCUT2D eigenvalue weighted by Gasteiger charge is 2.58. The van der Waals surface area contributed by atoms with Crippen LogP contribution in [0.15, 0.2) is 0 Å². The molecule has 0 spiro atoms. The van der Waals surface area contributed by atoms with E-state index in [4.69, 9.17) is 0 Å². The first-order valence-electron chi connectivity index (χ1n) is 5.34. The second-order valence-electron chi connectivity index (χ2n) is 5.62. The minimum atomic E-state index is 0.306. The van der Waals surface area contributed by atoms with E-state index in [0.717, 1.165) is 23.7 Å². The van der Waals surface area contributed by atoms with Crippen molar-refractivity contribution >= 4 is 0 Å². The summed E-state index contributed by atoms with van der Waals surface area (Å²) < 4.78 is 0. The van der Waals surface area contributed by atoms with Gasteiger partial charge >= 0.3 is 0 Å². The maximum Gasteiger partial charge on any atom is 0.0487 e. The molecule has 0 heterocycles. The highest BCUT2D eigenvalue weighted by molar-refractivity contribution is 5.08. The van der Waals surface area contributed by atoms with E-state index in [1.807, 2.05) is 0 Å². The summed E-state index contributed by atoms with van der Waals surface area (Å²) in [6.07, 6.45) is 5.72. The molecular formula is C11H18O. The molecule has 1 heteroatoms. The number of aliphatic hydroxyl groups is 1. The van der Waals surface area contributed by atoms with Crippen LogP contribution >= 0.6 is 0 Å². The summed E-state index contributed by atoms with van der Waals surface area (Å²) in [7, 11) is 0. The van der Waals surface area contributed by atoms with Crippen molar-refractivity contribution in [3.63, 3.8) is 0 Å². The van der Waals surface area contributed by atoms with Gasteiger partial charge in [-0.1, -0.05) is 6.92 Å². The van der Waals surface area contributed by atoms with Crippen molar-refractivity contribution < 1.29 is 5.11 Å². The van der Waals surface area contributed by atoms with Crippen molar-refractivity contribution in [3.8, 4) is 0 Å². The summed E-state index contributed by atoms with van der Waals surface area (Å²) in [5.41, 5.74) is 0.306. The van der Waals surface area contributed by atoms with E-state index in [9.17, 15) is 5.11 Å². The van der Waals surface area contributed by atoms with Crippen molar-refractivity contribution in [2.75, 3.05) is 6.61 Å². The van der Waals surface area contributed by atoms with Crippen LogP contribution in [-0.4, -0.2) is 11.7 Å². The molecule has 3 rings (SSSR count). The molecule has 3 saturated carbocycles. The Hall–Kier alpha value is -0.0400. The first kappa shape index (κ1) is 7.37. The molecule has 3 fully saturated rings. The molecule has 0 aromatic heterocycles. The van der Waals surface area contributed by atoms with Gasteiger partial charge in [-0.25, -0.2) is 0 Å². The molecule has 0 aliphatic heterocycles. The normalized spacial score (nSPS) is 61.5. The van der Waals surface area contributed by atoms with Gasteiger partial charge in [0.05, 0.1) is 0 Å². The highest BCUT2D eigenvalue weighted by Crippen LogP contribution is 2.66. The number of hydrogen-bond donors (Lipinski definition) is 1. The maximum absolute atomic E-state index is 9.41. The summed E-state index contributed by atoms with van der Waals surface area (Å²) in [6.45, 7) is 2.73. The van der Waals surface area contributed by atoms with Crippen LogP contribution < -0.4 is 0 Å². The van der Waals surface area contributed by atoms with Crippen molar-refractivity contribution in [1.82, 2.24) is 0 Å². The molecular weight excluding hydrogens is 148 g/mol. The van der Waals surface area contributed by atoms with E-state index in [1.165, 1.54) is 25.7 Å². The van der Waals surface area contributed by atoms with Crippen LogP contribution in [-0.2, 0) is 0 Å². The number of fused-ring (bicyclic) bond motifs is 1. The van der Waals surface area contributed by atoms with Crippen LogP contribution in [0.3, 0.4) is 0 Å². The molecule has 0 amide bonds. The average Bonchev–Trinajstić information content (AvgIpc) is 2.63. The predicted octanol–water partition coefficient (Wildman–Crippen LogP) is 2.05. The molecule has 0 radical (unpaired) electrons. The van der Waals surface area contributed by atoms with Crippen molar-refractivity contribution in [2.24, 2.45) is 29.1 Å². The number of hydrogen-bond acceptors (Lipinski definition) is 1. The average molecular weight is 166 g/mol. The standard InChI is InChI=1S/C11H18O/c1-11(6-12)5-8-2-7-3-9(8)10(11)4-7/h7-10,12H,2-6H2,1H3. The zero-order valence-electron chi connectivity index (χ0n) is 7.79. The van der Waals surface area contributed by atoms with Crippen LogP contribution in [0.2, 0.25) is 0 Å². The van der Waals surface area contributed by atoms with Crippen LogP contribution in [0.5, 0.6) is 0 Å². The second-order valence-corrected chi connectivity index (χ2v) is 5.62. The Balaban J connectivity index is 1.95. The summed E-state index contributed by atoms with van der Waals surface area (Å²) in [6, 6.07) is 0. The Morgan fingerprint density at radius 3 is 2.75 bits per heavy atom. The fraction of sp³-hybridized carbons (Fsp3) is 1.00. The summed E-state index contributed by atoms with van der Waals surface area (Å²) in [4.78, 5) is 0. The van der Waals surface area contributed by atoms with Gasteiger partial charge in [0.25, 0.3) is 0 Å². The zero-order chi connectivity index (χ0) is 8.34. The van der Waals surface area contributed by atoms with E-state index in [0.29, 0.717) is 12.0 Å². The molecule has 3 aliphatic rings. The van der Waals surface area contributed by atoms with E-state index in [2.05, 4.69) is 6.92 Å². The molecule has 0 aromatic carbocycles. The quantitative estimate of drug-likeness (QED) is 0.632. The Morgan fingerprint density at radius 1 is 1.33 bits per heavy atom. The third-order valence-electron chi connectivity index (χ3n) is 4.94. The van der Waals surface area contributed by atoms with Crippen molar-refractivity contribution in [3.05, 3.63) is 0 Å². The smallest absolute Gasteiger partial charge is 0.0487 e. The van der Waals surface area contributed by atoms with Gasteiger partial charge in [-0.3, -0.25) is 0 Å². The van der Waals surface area contributed by atoms with E-state index in [-0.39, 0.29) is 0 Å². The zero-order valence-corrected chi connectivity index (χ0v) is 7.79. The maximum atomic E-state index is 9.41. The Bertz CT molecular complexity index is 211. The monoisotopic (exact) mass is 166 g/mol. The molecule has 12 heavy (non-hydrogen) atoms. The Labute approximate surface area is 74.2 Å². The Kier molecular flexibility index (Phi) is 1.27. The molecule has 1 N–H and O–H groups in total. The van der Waals surface area contributed by atoms with Crippen LogP contribution in [0.25, 0.3) is 0 Å². The van der Waals surface area contributed by atoms with Gasteiger partial charge < -0.3 is 5.11 Å². The lowest BCUT2D eigenvalue weighted by Gasteiger charge is -2.29. The molecule has 5 atom stereocenters. The first-order valence-corrected chi connectivity index (χ1v) is 5.34. The molecule has 0 aromatic rings. The lowest BCUT2D eigenvalue weighted by atomic mass is 9.78. The summed E-state index contributed by atoms with van der Waals surface area (Å²) >= 11 is 0. The van der Waals surface area contributed by atoms with Crippen LogP contribution in [0.4, 0.5) is 0 Å². The number of rotatable bonds is 1. The van der Waals surface area contributed by atoms with Crippen molar-refractivity contribution in [2.45, 2.75) is 32.6 Å². The van der Waals surface area contributed by atoms with Gasteiger partial charge in [-0.05, 0) is 54.8 Å². The largest absolute Gasteiger partial charge is 0.396 e. The van der Waals surface area contributed by atoms with E-state index < -0.39 is 0 Å². The molecule has 5 unspecified atom stereocenters. The minimum absolute atomic E-state index is 0.306.